The van der Waals surface area contributed by atoms with Gasteiger partial charge in [0.15, 0.2) is 5.78 Å². The van der Waals surface area contributed by atoms with Crippen LogP contribution in [0.2, 0.25) is 5.02 Å². The predicted molar refractivity (Wildman–Crippen MR) is 121 cm³/mol. The topological polar surface area (TPSA) is 54.5 Å². The highest BCUT2D eigenvalue weighted by atomic mass is 35.5. The van der Waals surface area contributed by atoms with Crippen LogP contribution in [0, 0.1) is 6.92 Å². The van der Waals surface area contributed by atoms with Crippen molar-refractivity contribution >= 4 is 29.1 Å². The number of Topliss-reactive ketones (excluding diaryl/α,β-unsaturated/α-hetero) is 2. The van der Waals surface area contributed by atoms with Crippen LogP contribution in [0.25, 0.3) is 0 Å². The van der Waals surface area contributed by atoms with Gasteiger partial charge in [0, 0.05) is 36.4 Å². The molecule has 1 heterocycles. The normalized spacial score (nSPS) is 18.5. The fraction of sp³-hybridized carbons (Fsp3) is 0.346. The van der Waals surface area contributed by atoms with E-state index in [-0.39, 0.29) is 23.5 Å². The zero-order chi connectivity index (χ0) is 22.1. The molecule has 0 N–H and O–H groups in total. The molecule has 1 fully saturated rings. The Bertz CT molecular complexity index is 1090. The van der Waals surface area contributed by atoms with Crippen molar-refractivity contribution in [1.82, 2.24) is 4.90 Å². The second-order valence-corrected chi connectivity index (χ2v) is 9.08. The smallest absolute Gasteiger partial charge is 0.255 e. The highest BCUT2D eigenvalue weighted by molar-refractivity contribution is 6.31. The molecule has 5 heteroatoms. The van der Waals surface area contributed by atoms with E-state index in [1.165, 1.54) is 0 Å². The van der Waals surface area contributed by atoms with Crippen LogP contribution in [0.4, 0.5) is 0 Å². The van der Waals surface area contributed by atoms with E-state index in [1.54, 1.807) is 4.90 Å². The van der Waals surface area contributed by atoms with Crippen molar-refractivity contribution in [3.8, 4) is 0 Å². The van der Waals surface area contributed by atoms with Crippen LogP contribution < -0.4 is 0 Å². The summed E-state index contributed by atoms with van der Waals surface area (Å²) < 4.78 is 0. The van der Waals surface area contributed by atoms with Gasteiger partial charge in [-0.1, -0.05) is 48.0 Å². The maximum atomic E-state index is 12.8. The number of ketones is 2. The summed E-state index contributed by atoms with van der Waals surface area (Å²) in [4.78, 5) is 39.4. The molecule has 2 aliphatic rings. The van der Waals surface area contributed by atoms with Crippen LogP contribution in [0.15, 0.2) is 48.6 Å². The van der Waals surface area contributed by atoms with Crippen LogP contribution in [0.5, 0.6) is 0 Å². The fourth-order valence-electron chi connectivity index (χ4n) is 4.43. The Labute approximate surface area is 187 Å². The summed E-state index contributed by atoms with van der Waals surface area (Å²) in [5.41, 5.74) is 5.52. The lowest BCUT2D eigenvalue weighted by Gasteiger charge is -2.30. The summed E-state index contributed by atoms with van der Waals surface area (Å²) >= 11 is 6.15. The molecule has 2 aromatic carbocycles. The molecule has 0 radical (unpaired) electrons. The number of aryl methyl sites for hydroxylation is 2. The molecule has 1 atom stereocenters. The number of carbonyl (C=O) groups is 3. The number of halogens is 1. The predicted octanol–water partition coefficient (Wildman–Crippen LogP) is 5.03. The summed E-state index contributed by atoms with van der Waals surface area (Å²) in [5.74, 6) is 0.172. The first-order chi connectivity index (χ1) is 14.8. The lowest BCUT2D eigenvalue weighted by atomic mass is 9.90. The summed E-state index contributed by atoms with van der Waals surface area (Å²) in [6, 6.07) is 11.1. The van der Waals surface area contributed by atoms with Gasteiger partial charge in [0.25, 0.3) is 5.91 Å². The molecule has 2 aromatic rings. The highest BCUT2D eigenvalue weighted by Gasteiger charge is 2.37. The molecule has 4 rings (SSSR count). The van der Waals surface area contributed by atoms with Crippen molar-refractivity contribution in [3.05, 3.63) is 81.4 Å². The van der Waals surface area contributed by atoms with Gasteiger partial charge in [-0.05, 0) is 60.6 Å². The van der Waals surface area contributed by atoms with Gasteiger partial charge in [-0.25, -0.2) is 0 Å². The largest absolute Gasteiger partial charge is 0.324 e. The average molecular weight is 436 g/mol. The zero-order valence-electron chi connectivity index (χ0n) is 17.7. The van der Waals surface area contributed by atoms with Gasteiger partial charge in [-0.3, -0.25) is 14.4 Å². The number of fused-ring (bicyclic) bond motifs is 1. The lowest BCUT2D eigenvalue weighted by Crippen LogP contribution is -2.43. The molecule has 1 aliphatic carbocycles. The summed E-state index contributed by atoms with van der Waals surface area (Å²) in [6.45, 7) is 6.30. The molecule has 31 heavy (non-hydrogen) atoms. The number of hydrogen-bond donors (Lipinski definition) is 0. The monoisotopic (exact) mass is 435 g/mol. The van der Waals surface area contributed by atoms with Gasteiger partial charge >= 0.3 is 0 Å². The van der Waals surface area contributed by atoms with E-state index in [0.29, 0.717) is 49.2 Å². The molecule has 0 saturated heterocycles. The van der Waals surface area contributed by atoms with Crippen molar-refractivity contribution in [1.29, 1.82) is 0 Å². The maximum absolute atomic E-state index is 12.8. The van der Waals surface area contributed by atoms with Crippen molar-refractivity contribution in [2.75, 3.05) is 0 Å². The molecule has 0 bridgehead atoms. The third-order valence-electron chi connectivity index (χ3n) is 6.28. The Morgan fingerprint density at radius 3 is 2.68 bits per heavy atom. The van der Waals surface area contributed by atoms with Crippen molar-refractivity contribution in [2.24, 2.45) is 0 Å². The average Bonchev–Trinajstić information content (AvgIpc) is 3.05. The fourth-order valence-corrected chi connectivity index (χ4v) is 4.64. The Kier molecular flexibility index (Phi) is 6.10. The Balaban J connectivity index is 1.38. The quantitative estimate of drug-likeness (QED) is 0.598. The van der Waals surface area contributed by atoms with E-state index in [9.17, 15) is 14.4 Å². The number of carbonyl (C=O) groups excluding carboxylic acids is 3. The van der Waals surface area contributed by atoms with E-state index in [4.69, 9.17) is 11.6 Å². The summed E-state index contributed by atoms with van der Waals surface area (Å²) in [5, 5.41) is 0.680. The van der Waals surface area contributed by atoms with Gasteiger partial charge < -0.3 is 4.90 Å². The first kappa shape index (κ1) is 21.5. The van der Waals surface area contributed by atoms with Gasteiger partial charge in [0.1, 0.15) is 5.78 Å². The van der Waals surface area contributed by atoms with Crippen molar-refractivity contribution < 1.29 is 14.4 Å². The van der Waals surface area contributed by atoms with Crippen molar-refractivity contribution in [3.63, 3.8) is 0 Å². The van der Waals surface area contributed by atoms with E-state index >= 15 is 0 Å². The van der Waals surface area contributed by atoms with Gasteiger partial charge in [0.2, 0.25) is 0 Å². The summed E-state index contributed by atoms with van der Waals surface area (Å²) in [6.07, 6.45) is 3.24. The van der Waals surface area contributed by atoms with Crippen LogP contribution in [0.1, 0.15) is 58.3 Å². The number of rotatable bonds is 6. The first-order valence-corrected chi connectivity index (χ1v) is 11.1. The van der Waals surface area contributed by atoms with Gasteiger partial charge in [-0.2, -0.15) is 0 Å². The Hall–Kier alpha value is -2.72. The minimum absolute atomic E-state index is 0.0697. The molecule has 1 aliphatic heterocycles. The molecular formula is C26H26ClNO3. The van der Waals surface area contributed by atoms with Crippen LogP contribution in [-0.2, 0) is 29.0 Å². The minimum atomic E-state index is -0.350. The van der Waals surface area contributed by atoms with Gasteiger partial charge in [-0.15, -0.1) is 0 Å². The number of hydrogen-bond acceptors (Lipinski definition) is 3. The van der Waals surface area contributed by atoms with Crippen LogP contribution >= 0.6 is 11.6 Å². The Morgan fingerprint density at radius 2 is 1.94 bits per heavy atom. The Morgan fingerprint density at radius 1 is 1.16 bits per heavy atom. The molecule has 1 unspecified atom stereocenters. The van der Waals surface area contributed by atoms with E-state index in [1.807, 2.05) is 43.3 Å². The molecular weight excluding hydrogens is 410 g/mol. The van der Waals surface area contributed by atoms with E-state index in [0.717, 1.165) is 34.2 Å². The molecule has 160 valence electrons. The number of amides is 1. The first-order valence-electron chi connectivity index (χ1n) is 10.7. The van der Waals surface area contributed by atoms with Crippen molar-refractivity contribution in [2.45, 2.75) is 58.0 Å². The third kappa shape index (κ3) is 4.64. The molecule has 0 aromatic heterocycles. The number of allylic oxidation sites excluding steroid dienone is 1. The lowest BCUT2D eigenvalue weighted by molar-refractivity contribution is -0.124. The van der Waals surface area contributed by atoms with Crippen LogP contribution in [0.3, 0.4) is 0 Å². The SMILES string of the molecule is C=C1CCC(N2Cc3cc(CCC(=O)Cc4ccc(C)c(Cl)c4)ccc3C2=O)C(=O)C1. The zero-order valence-corrected chi connectivity index (χ0v) is 18.5. The highest BCUT2D eigenvalue weighted by Crippen LogP contribution is 2.31. The van der Waals surface area contributed by atoms with E-state index in [2.05, 4.69) is 6.58 Å². The molecule has 1 amide bonds. The number of benzene rings is 2. The van der Waals surface area contributed by atoms with Gasteiger partial charge in [0.05, 0.1) is 6.04 Å². The second-order valence-electron chi connectivity index (χ2n) is 8.67. The molecule has 1 saturated carbocycles. The minimum Gasteiger partial charge on any atom is -0.324 e. The number of nitrogens with zero attached hydrogens (tertiary/aromatic N) is 1. The summed E-state index contributed by atoms with van der Waals surface area (Å²) in [7, 11) is 0. The van der Waals surface area contributed by atoms with Crippen LogP contribution in [-0.4, -0.2) is 28.4 Å². The molecule has 0 spiro atoms. The third-order valence-corrected chi connectivity index (χ3v) is 6.68. The molecule has 4 nitrogen and oxygen atoms in total. The standard InChI is InChI=1S/C26H26ClNO3/c1-16-3-10-24(25(30)11-16)28-15-20-12-18(7-9-22(20)26(28)31)6-8-21(29)13-19-5-4-17(2)23(27)14-19/h4-5,7,9,12,14,24H,1,3,6,8,10-11,13,15H2,2H3. The van der Waals surface area contributed by atoms with E-state index < -0.39 is 0 Å². The maximum Gasteiger partial charge on any atom is 0.255 e. The second kappa shape index (κ2) is 8.80.